The summed E-state index contributed by atoms with van der Waals surface area (Å²) in [6, 6.07) is 16.7. The lowest BCUT2D eigenvalue weighted by molar-refractivity contribution is -0.120. The lowest BCUT2D eigenvalue weighted by Crippen LogP contribution is -2.29. The molecule has 1 fully saturated rings. The molecule has 5 heteroatoms. The third-order valence-electron chi connectivity index (χ3n) is 7.14. The summed E-state index contributed by atoms with van der Waals surface area (Å²) in [5.74, 6) is 1.16. The van der Waals surface area contributed by atoms with Crippen molar-refractivity contribution in [3.8, 4) is 0 Å². The summed E-state index contributed by atoms with van der Waals surface area (Å²) < 4.78 is 0. The normalized spacial score (nSPS) is 14.5. The molecule has 0 atom stereocenters. The summed E-state index contributed by atoms with van der Waals surface area (Å²) in [7, 11) is 0. The molecule has 1 aliphatic rings. The Hall–Kier alpha value is -2.85. The molecule has 2 aromatic carbocycles. The monoisotopic (exact) mass is 535 g/mol. The van der Waals surface area contributed by atoms with Crippen LogP contribution >= 0.6 is 11.6 Å². The Kier molecular flexibility index (Phi) is 12.8. The highest BCUT2D eigenvalue weighted by Crippen LogP contribution is 2.49. The number of amides is 1. The van der Waals surface area contributed by atoms with E-state index in [-0.39, 0.29) is 5.91 Å². The van der Waals surface area contributed by atoms with Crippen LogP contribution in [0, 0.1) is 0 Å². The number of nitrogens with one attached hydrogen (secondary N) is 1. The Balaban J connectivity index is 0.00000247. The minimum Gasteiger partial charge on any atom is -0.369 e. The van der Waals surface area contributed by atoms with Gasteiger partial charge in [-0.05, 0) is 85.8 Å². The number of primary amides is 1. The van der Waals surface area contributed by atoms with E-state index in [2.05, 4.69) is 61.1 Å². The van der Waals surface area contributed by atoms with Crippen molar-refractivity contribution >= 4 is 29.0 Å². The molecule has 3 N–H and O–H groups in total. The summed E-state index contributed by atoms with van der Waals surface area (Å²) in [4.78, 5) is 16.5. The van der Waals surface area contributed by atoms with Crippen molar-refractivity contribution in [3.05, 3.63) is 88.6 Å². The van der Waals surface area contributed by atoms with Crippen molar-refractivity contribution in [1.29, 1.82) is 0 Å². The number of nitrogens with zero attached hydrogens (tertiary/aromatic N) is 1. The van der Waals surface area contributed by atoms with Crippen LogP contribution in [-0.2, 0) is 16.6 Å². The molecule has 2 aromatic rings. The fourth-order valence-electron chi connectivity index (χ4n) is 4.88. The molecule has 1 saturated carbocycles. The van der Waals surface area contributed by atoms with Gasteiger partial charge in [-0.25, -0.2) is 4.99 Å². The molecule has 0 spiro atoms. The summed E-state index contributed by atoms with van der Waals surface area (Å²) in [5.41, 5.74) is 10.6. The van der Waals surface area contributed by atoms with E-state index in [0.29, 0.717) is 17.4 Å². The average molecular weight is 536 g/mol. The highest BCUT2D eigenvalue weighted by Gasteiger charge is 2.50. The molecule has 0 radical (unpaired) electrons. The molecule has 0 heterocycles. The van der Waals surface area contributed by atoms with E-state index < -0.39 is 5.41 Å². The predicted molar refractivity (Wildman–Crippen MR) is 165 cm³/mol. The molecule has 0 unspecified atom stereocenters. The van der Waals surface area contributed by atoms with E-state index in [1.165, 1.54) is 31.2 Å². The van der Waals surface area contributed by atoms with Gasteiger partial charge >= 0.3 is 0 Å². The number of carbonyl (C=O) groups excluding carboxylic acids is 1. The molecule has 0 aliphatic heterocycles. The molecule has 4 nitrogen and oxygen atoms in total. The summed E-state index contributed by atoms with van der Waals surface area (Å²) in [6.07, 6.45) is 9.59. The molecular weight excluding hydrogens is 490 g/mol. The van der Waals surface area contributed by atoms with E-state index in [1.807, 2.05) is 39.0 Å². The van der Waals surface area contributed by atoms with Crippen molar-refractivity contribution in [3.63, 3.8) is 0 Å². The zero-order chi connectivity index (χ0) is 28.1. The third-order valence-corrected chi connectivity index (χ3v) is 7.51. The maximum atomic E-state index is 12.0. The molecule has 0 saturated heterocycles. The number of aryl methyl sites for hydroxylation is 1. The largest absolute Gasteiger partial charge is 0.369 e. The van der Waals surface area contributed by atoms with Crippen LogP contribution in [0.2, 0.25) is 0 Å². The molecule has 206 valence electrons. The van der Waals surface area contributed by atoms with Gasteiger partial charge in [-0.2, -0.15) is 0 Å². The van der Waals surface area contributed by atoms with E-state index in [0.717, 1.165) is 47.5 Å². The van der Waals surface area contributed by atoms with Gasteiger partial charge in [0.05, 0.1) is 10.4 Å². The molecule has 1 amide bonds. The maximum Gasteiger partial charge on any atom is 0.228 e. The lowest BCUT2D eigenvalue weighted by Gasteiger charge is -2.17. The molecular formula is C33H46ClN3O. The summed E-state index contributed by atoms with van der Waals surface area (Å²) in [5, 5.41) is 3.87. The van der Waals surface area contributed by atoms with Gasteiger partial charge in [-0.1, -0.05) is 95.1 Å². The van der Waals surface area contributed by atoms with Crippen molar-refractivity contribution in [1.82, 2.24) is 0 Å². The van der Waals surface area contributed by atoms with Gasteiger partial charge < -0.3 is 11.1 Å². The second kappa shape index (κ2) is 15.5. The van der Waals surface area contributed by atoms with Crippen LogP contribution in [0.25, 0.3) is 0 Å². The van der Waals surface area contributed by atoms with Gasteiger partial charge in [-0.15, -0.1) is 0 Å². The number of carbonyl (C=O) groups is 1. The number of amidine groups is 1. The Bertz CT molecular complexity index is 1110. The Morgan fingerprint density at radius 1 is 1.11 bits per heavy atom. The fourth-order valence-corrected chi connectivity index (χ4v) is 5.03. The molecule has 0 bridgehead atoms. The Morgan fingerprint density at radius 2 is 1.71 bits per heavy atom. The number of halogens is 1. The minimum atomic E-state index is -0.490. The van der Waals surface area contributed by atoms with Crippen LogP contribution in [0.3, 0.4) is 0 Å². The number of hydrogen-bond donors (Lipinski definition) is 2. The van der Waals surface area contributed by atoms with Crippen molar-refractivity contribution in [2.24, 2.45) is 10.7 Å². The van der Waals surface area contributed by atoms with Crippen molar-refractivity contribution in [2.75, 3.05) is 5.32 Å². The lowest BCUT2D eigenvalue weighted by atomic mass is 9.88. The second-order valence-corrected chi connectivity index (χ2v) is 10.3. The van der Waals surface area contributed by atoms with E-state index >= 15 is 0 Å². The van der Waals surface area contributed by atoms with E-state index in [9.17, 15) is 4.79 Å². The molecule has 0 aromatic heterocycles. The SMILES string of the molecule is C=C(CCc1ccccc1C1(C(N)=O)CC1)/C(Cl)=C\N=C(C)Nc1ccc(C(CCC)CCC)cc1.CC. The zero-order valence-corrected chi connectivity index (χ0v) is 24.7. The molecule has 3 rings (SSSR count). The van der Waals surface area contributed by atoms with Gasteiger partial charge in [0.1, 0.15) is 5.84 Å². The maximum absolute atomic E-state index is 12.0. The van der Waals surface area contributed by atoms with E-state index in [1.54, 1.807) is 6.20 Å². The smallest absolute Gasteiger partial charge is 0.228 e. The van der Waals surface area contributed by atoms with Crippen LogP contribution < -0.4 is 11.1 Å². The first kappa shape index (κ1) is 31.4. The zero-order valence-electron chi connectivity index (χ0n) is 23.9. The first-order valence-corrected chi connectivity index (χ1v) is 14.5. The Labute approximate surface area is 235 Å². The first-order chi connectivity index (χ1) is 18.3. The number of allylic oxidation sites excluding steroid dienone is 2. The standard InChI is InChI=1S/C31H40ClN3O.C2H6/c1-5-9-24(10-6-2)25-15-17-27(18-16-25)35-23(4)34-21-29(32)22(3)13-14-26-11-7-8-12-28(26)31(19-20-31)30(33)36;1-2/h7-8,11-12,15-18,21,24H,3,5-6,9-10,13-14,19-20H2,1-2,4H3,(H2,33,36)(H,34,35);1-2H3/b29-21+;. The van der Waals surface area contributed by atoms with Crippen LogP contribution in [0.5, 0.6) is 0 Å². The average Bonchev–Trinajstić information content (AvgIpc) is 3.74. The number of rotatable bonds is 13. The van der Waals surface area contributed by atoms with E-state index in [4.69, 9.17) is 17.3 Å². The predicted octanol–water partition coefficient (Wildman–Crippen LogP) is 9.01. The summed E-state index contributed by atoms with van der Waals surface area (Å²) in [6.45, 7) is 14.6. The third kappa shape index (κ3) is 8.59. The van der Waals surface area contributed by atoms with Gasteiger partial charge in [-0.3, -0.25) is 4.79 Å². The highest BCUT2D eigenvalue weighted by molar-refractivity contribution is 6.31. The number of aliphatic imine (C=N–C) groups is 1. The fraction of sp³-hybridized carbons (Fsp3) is 0.455. The molecule has 1 aliphatic carbocycles. The van der Waals surface area contributed by atoms with Gasteiger partial charge in [0, 0.05) is 11.9 Å². The highest BCUT2D eigenvalue weighted by atomic mass is 35.5. The molecule has 38 heavy (non-hydrogen) atoms. The van der Waals surface area contributed by atoms with Crippen LogP contribution in [0.4, 0.5) is 5.69 Å². The van der Waals surface area contributed by atoms with Gasteiger partial charge in [0.25, 0.3) is 0 Å². The Morgan fingerprint density at radius 3 is 2.26 bits per heavy atom. The van der Waals surface area contributed by atoms with Crippen LogP contribution in [-0.4, -0.2) is 11.7 Å². The quantitative estimate of drug-likeness (QED) is 0.152. The number of anilines is 1. The second-order valence-electron chi connectivity index (χ2n) is 9.92. The number of nitrogens with two attached hydrogens (primary N) is 1. The number of hydrogen-bond acceptors (Lipinski definition) is 2. The topological polar surface area (TPSA) is 67.5 Å². The first-order valence-electron chi connectivity index (χ1n) is 14.1. The minimum absolute atomic E-state index is 0.236. The van der Waals surface area contributed by atoms with Crippen molar-refractivity contribution in [2.45, 2.75) is 97.3 Å². The number of benzene rings is 2. The van der Waals surface area contributed by atoms with Crippen molar-refractivity contribution < 1.29 is 4.79 Å². The summed E-state index contributed by atoms with van der Waals surface area (Å²) >= 11 is 6.50. The van der Waals surface area contributed by atoms with Gasteiger partial charge in [0.15, 0.2) is 0 Å². The van der Waals surface area contributed by atoms with Crippen LogP contribution in [0.15, 0.2) is 76.9 Å². The van der Waals surface area contributed by atoms with Crippen LogP contribution in [0.1, 0.15) is 102 Å². The van der Waals surface area contributed by atoms with Gasteiger partial charge in [0.2, 0.25) is 5.91 Å².